The number of amides is 1. The molecule has 3 aromatic heterocycles. The fourth-order valence-corrected chi connectivity index (χ4v) is 4.21. The molecule has 3 heterocycles. The molecular formula is C20H21N7O2S2. The van der Waals surface area contributed by atoms with E-state index in [4.69, 9.17) is 0 Å². The van der Waals surface area contributed by atoms with E-state index >= 15 is 0 Å². The molecule has 160 valence electrons. The van der Waals surface area contributed by atoms with E-state index in [1.54, 1.807) is 0 Å². The van der Waals surface area contributed by atoms with Crippen LogP contribution in [0.5, 0.6) is 0 Å². The van der Waals surface area contributed by atoms with Crippen molar-refractivity contribution < 1.29 is 4.79 Å². The van der Waals surface area contributed by atoms with Gasteiger partial charge in [-0.25, -0.2) is 4.98 Å². The van der Waals surface area contributed by atoms with Crippen LogP contribution in [0, 0.1) is 6.92 Å². The van der Waals surface area contributed by atoms with Gasteiger partial charge in [0.05, 0.1) is 11.4 Å². The predicted molar refractivity (Wildman–Crippen MR) is 122 cm³/mol. The molecule has 11 heteroatoms. The molecule has 0 fully saturated rings. The third kappa shape index (κ3) is 4.67. The van der Waals surface area contributed by atoms with Crippen molar-refractivity contribution in [3.05, 3.63) is 51.3 Å². The molecule has 0 saturated heterocycles. The summed E-state index contributed by atoms with van der Waals surface area (Å²) in [4.78, 5) is 31.8. The van der Waals surface area contributed by atoms with E-state index in [0.29, 0.717) is 16.0 Å². The van der Waals surface area contributed by atoms with E-state index < -0.39 is 5.41 Å². The summed E-state index contributed by atoms with van der Waals surface area (Å²) < 4.78 is 1.46. The maximum absolute atomic E-state index is 12.4. The molecule has 4 aromatic rings. The lowest BCUT2D eigenvalue weighted by atomic mass is 9.93. The van der Waals surface area contributed by atoms with Crippen molar-refractivity contribution in [2.45, 2.75) is 38.3 Å². The summed E-state index contributed by atoms with van der Waals surface area (Å²) in [5.41, 5.74) is 2.64. The van der Waals surface area contributed by atoms with E-state index in [9.17, 15) is 9.59 Å². The number of nitrogens with zero attached hydrogens (tertiary/aromatic N) is 5. The number of rotatable bonds is 5. The normalized spacial score (nSPS) is 11.7. The lowest BCUT2D eigenvalue weighted by molar-refractivity contribution is -0.113. The van der Waals surface area contributed by atoms with Crippen LogP contribution in [0.25, 0.3) is 17.0 Å². The lowest BCUT2D eigenvalue weighted by Crippen LogP contribution is -2.28. The first-order valence-corrected chi connectivity index (χ1v) is 11.4. The zero-order valence-corrected chi connectivity index (χ0v) is 19.1. The van der Waals surface area contributed by atoms with Crippen LogP contribution in [0.3, 0.4) is 0 Å². The molecule has 0 saturated carbocycles. The minimum absolute atomic E-state index is 0.103. The number of H-pyrrole nitrogens is 1. The predicted octanol–water partition coefficient (Wildman–Crippen LogP) is 3.27. The number of aryl methyl sites for hydroxylation is 1. The SMILES string of the molecule is Cc1ccc(-c2csc(NC(=O)CSc3nnc4[nH]c(=O)c(C(C)(C)C)nn34)n2)cc1. The van der Waals surface area contributed by atoms with Crippen LogP contribution in [0.4, 0.5) is 5.13 Å². The number of nitrogens with one attached hydrogen (secondary N) is 2. The summed E-state index contributed by atoms with van der Waals surface area (Å²) in [6.07, 6.45) is 0. The first-order valence-electron chi connectivity index (χ1n) is 9.52. The Labute approximate surface area is 186 Å². The molecule has 0 aliphatic rings. The molecule has 1 amide bonds. The molecular weight excluding hydrogens is 434 g/mol. The van der Waals surface area contributed by atoms with Crippen molar-refractivity contribution in [1.29, 1.82) is 0 Å². The van der Waals surface area contributed by atoms with Crippen molar-refractivity contribution in [1.82, 2.24) is 29.8 Å². The molecule has 0 bridgehead atoms. The van der Waals surface area contributed by atoms with Crippen LogP contribution >= 0.6 is 23.1 Å². The number of aromatic nitrogens is 6. The quantitative estimate of drug-likeness (QED) is 0.443. The van der Waals surface area contributed by atoms with Crippen molar-refractivity contribution in [2.75, 3.05) is 11.1 Å². The van der Waals surface area contributed by atoms with Gasteiger partial charge in [-0.05, 0) is 6.92 Å². The smallest absolute Gasteiger partial charge is 0.274 e. The summed E-state index contributed by atoms with van der Waals surface area (Å²) in [5, 5.41) is 18.1. The van der Waals surface area contributed by atoms with Gasteiger partial charge in [0.15, 0.2) is 5.13 Å². The zero-order valence-electron chi connectivity index (χ0n) is 17.5. The highest BCUT2D eigenvalue weighted by Gasteiger charge is 2.22. The lowest BCUT2D eigenvalue weighted by Gasteiger charge is -2.15. The average molecular weight is 456 g/mol. The topological polar surface area (TPSA) is 118 Å². The monoisotopic (exact) mass is 455 g/mol. The molecule has 1 aromatic carbocycles. The Hall–Kier alpha value is -3.05. The van der Waals surface area contributed by atoms with Gasteiger partial charge >= 0.3 is 0 Å². The molecule has 0 aliphatic heterocycles. The van der Waals surface area contributed by atoms with Crippen molar-refractivity contribution in [3.8, 4) is 11.3 Å². The Morgan fingerprint density at radius 1 is 1.23 bits per heavy atom. The molecule has 4 rings (SSSR count). The Bertz CT molecular complexity index is 1300. The second-order valence-electron chi connectivity index (χ2n) is 8.01. The average Bonchev–Trinajstić information content (AvgIpc) is 3.32. The second kappa shape index (κ2) is 8.23. The number of thioether (sulfide) groups is 1. The van der Waals surface area contributed by atoms with Gasteiger partial charge in [0.1, 0.15) is 5.69 Å². The van der Waals surface area contributed by atoms with Crippen LogP contribution in [0.2, 0.25) is 0 Å². The van der Waals surface area contributed by atoms with Gasteiger partial charge in [0, 0.05) is 16.4 Å². The number of anilines is 1. The number of carbonyl (C=O) groups excluding carboxylic acids is 1. The molecule has 0 atom stereocenters. The first kappa shape index (κ1) is 21.2. The maximum atomic E-state index is 12.4. The summed E-state index contributed by atoms with van der Waals surface area (Å²) in [6.45, 7) is 7.74. The standard InChI is InChI=1S/C20H21N7O2S2/c1-11-5-7-12(8-6-11)13-9-30-18(21-13)22-14(28)10-31-19-25-24-17-23-16(29)15(20(2,3)4)26-27(17)19/h5-9H,10H2,1-4H3,(H,21,22,28)(H,23,24,29). The molecule has 2 N–H and O–H groups in total. The van der Waals surface area contributed by atoms with Gasteiger partial charge in [-0.15, -0.1) is 21.5 Å². The highest BCUT2D eigenvalue weighted by Crippen LogP contribution is 2.25. The van der Waals surface area contributed by atoms with E-state index in [1.165, 1.54) is 33.2 Å². The van der Waals surface area contributed by atoms with E-state index in [2.05, 4.69) is 30.6 Å². The van der Waals surface area contributed by atoms with Gasteiger partial charge < -0.3 is 5.32 Å². The molecule has 0 unspecified atom stereocenters. The number of hydrogen-bond acceptors (Lipinski definition) is 8. The van der Waals surface area contributed by atoms with Crippen molar-refractivity contribution in [3.63, 3.8) is 0 Å². The highest BCUT2D eigenvalue weighted by atomic mass is 32.2. The number of carbonyl (C=O) groups is 1. The van der Waals surface area contributed by atoms with Crippen LogP contribution in [-0.4, -0.2) is 41.4 Å². The molecule has 0 spiro atoms. The number of hydrogen-bond donors (Lipinski definition) is 2. The first-order chi connectivity index (χ1) is 14.7. The summed E-state index contributed by atoms with van der Waals surface area (Å²) in [5.74, 6) is 0.127. The Kier molecular flexibility index (Phi) is 5.63. The molecule has 9 nitrogen and oxygen atoms in total. The highest BCUT2D eigenvalue weighted by molar-refractivity contribution is 7.99. The van der Waals surface area contributed by atoms with Crippen molar-refractivity contribution >= 4 is 39.9 Å². The number of fused-ring (bicyclic) bond motifs is 1. The minimum atomic E-state index is -0.439. The number of aromatic amines is 1. The third-order valence-electron chi connectivity index (χ3n) is 4.39. The Balaban J connectivity index is 1.44. The fourth-order valence-electron chi connectivity index (χ4n) is 2.79. The fraction of sp³-hybridized carbons (Fsp3) is 0.300. The second-order valence-corrected chi connectivity index (χ2v) is 9.81. The summed E-state index contributed by atoms with van der Waals surface area (Å²) in [6, 6.07) is 8.06. The number of thiazole rings is 1. The van der Waals surface area contributed by atoms with Gasteiger partial charge in [-0.2, -0.15) is 9.61 Å². The Morgan fingerprint density at radius 2 is 1.97 bits per heavy atom. The van der Waals surface area contributed by atoms with E-state index in [0.717, 1.165) is 11.3 Å². The van der Waals surface area contributed by atoms with Crippen LogP contribution in [-0.2, 0) is 10.2 Å². The van der Waals surface area contributed by atoms with Gasteiger partial charge in [0.25, 0.3) is 11.3 Å². The summed E-state index contributed by atoms with van der Waals surface area (Å²) in [7, 11) is 0. The largest absolute Gasteiger partial charge is 0.301 e. The minimum Gasteiger partial charge on any atom is -0.301 e. The molecule has 0 aliphatic carbocycles. The maximum Gasteiger partial charge on any atom is 0.274 e. The van der Waals surface area contributed by atoms with Gasteiger partial charge in [0.2, 0.25) is 11.1 Å². The van der Waals surface area contributed by atoms with Crippen LogP contribution in [0.15, 0.2) is 39.6 Å². The van der Waals surface area contributed by atoms with E-state index in [-0.39, 0.29) is 23.0 Å². The Morgan fingerprint density at radius 3 is 2.68 bits per heavy atom. The summed E-state index contributed by atoms with van der Waals surface area (Å²) >= 11 is 2.56. The van der Waals surface area contributed by atoms with Crippen LogP contribution < -0.4 is 10.9 Å². The van der Waals surface area contributed by atoms with Gasteiger partial charge in [-0.3, -0.25) is 14.6 Å². The van der Waals surface area contributed by atoms with E-state index in [1.807, 2.05) is 57.3 Å². The van der Waals surface area contributed by atoms with Crippen LogP contribution in [0.1, 0.15) is 32.0 Å². The third-order valence-corrected chi connectivity index (χ3v) is 6.07. The molecule has 31 heavy (non-hydrogen) atoms. The van der Waals surface area contributed by atoms with Gasteiger partial charge in [-0.1, -0.05) is 62.4 Å². The zero-order chi connectivity index (χ0) is 22.2. The molecule has 0 radical (unpaired) electrons. The van der Waals surface area contributed by atoms with Crippen molar-refractivity contribution in [2.24, 2.45) is 0 Å². The number of benzene rings is 1.